The van der Waals surface area contributed by atoms with Crippen LogP contribution < -0.4 is 5.32 Å². The molecule has 0 radical (unpaired) electrons. The zero-order valence-electron chi connectivity index (χ0n) is 10.9. The van der Waals surface area contributed by atoms with Gasteiger partial charge in [0.1, 0.15) is 11.3 Å². The molecule has 1 amide bonds. The predicted octanol–water partition coefficient (Wildman–Crippen LogP) is 1.58. The van der Waals surface area contributed by atoms with Crippen molar-refractivity contribution >= 4 is 11.7 Å². The van der Waals surface area contributed by atoms with Crippen LogP contribution in [-0.4, -0.2) is 23.3 Å². The molecule has 2 N–H and O–H groups in total. The van der Waals surface area contributed by atoms with Crippen LogP contribution in [0, 0.1) is 11.8 Å². The standard InChI is InChI=1S/C15H15NO3/c1-3-4-5-6-7-11(2)8-9-12(17)14-13(18)10-16-15(14)19/h5-9,17H,10H2,1-2H3,(H,16,19)/b6-5+,9-8+,11-7+,14-12-. The van der Waals surface area contributed by atoms with E-state index in [1.165, 1.54) is 6.08 Å². The van der Waals surface area contributed by atoms with Gasteiger partial charge >= 0.3 is 0 Å². The normalized spacial score (nSPS) is 18.7. The van der Waals surface area contributed by atoms with Crippen LogP contribution >= 0.6 is 0 Å². The second-order valence-corrected chi connectivity index (χ2v) is 3.86. The minimum Gasteiger partial charge on any atom is -0.507 e. The van der Waals surface area contributed by atoms with E-state index in [1.807, 2.05) is 6.92 Å². The molecule has 0 aromatic rings. The first kappa shape index (κ1) is 14.5. The second kappa shape index (κ2) is 7.02. The number of carbonyl (C=O) groups is 2. The van der Waals surface area contributed by atoms with E-state index in [-0.39, 0.29) is 17.9 Å². The van der Waals surface area contributed by atoms with Crippen LogP contribution in [0.25, 0.3) is 0 Å². The summed E-state index contributed by atoms with van der Waals surface area (Å²) in [5, 5.41) is 12.0. The van der Waals surface area contributed by atoms with Gasteiger partial charge in [-0.2, -0.15) is 0 Å². The molecule has 0 aliphatic carbocycles. The van der Waals surface area contributed by atoms with Crippen molar-refractivity contribution in [3.05, 3.63) is 47.3 Å². The lowest BCUT2D eigenvalue weighted by Crippen LogP contribution is -2.14. The molecule has 0 unspecified atom stereocenters. The highest BCUT2D eigenvalue weighted by molar-refractivity contribution is 6.25. The van der Waals surface area contributed by atoms with Gasteiger partial charge in [0.05, 0.1) is 6.54 Å². The van der Waals surface area contributed by atoms with Crippen molar-refractivity contribution < 1.29 is 14.7 Å². The van der Waals surface area contributed by atoms with Gasteiger partial charge in [-0.05, 0) is 26.0 Å². The van der Waals surface area contributed by atoms with Crippen molar-refractivity contribution in [3.8, 4) is 11.8 Å². The predicted molar refractivity (Wildman–Crippen MR) is 73.2 cm³/mol. The Hall–Kier alpha value is -2.54. The molecule has 1 fully saturated rings. The van der Waals surface area contributed by atoms with Crippen LogP contribution in [0.3, 0.4) is 0 Å². The molecule has 0 bridgehead atoms. The van der Waals surface area contributed by atoms with E-state index < -0.39 is 11.7 Å². The second-order valence-electron chi connectivity index (χ2n) is 3.86. The Morgan fingerprint density at radius 1 is 1.37 bits per heavy atom. The Morgan fingerprint density at radius 3 is 2.68 bits per heavy atom. The maximum atomic E-state index is 11.3. The zero-order chi connectivity index (χ0) is 14.3. The Bertz CT molecular complexity index is 548. The van der Waals surface area contributed by atoms with E-state index in [9.17, 15) is 14.7 Å². The summed E-state index contributed by atoms with van der Waals surface area (Å²) in [5.41, 5.74) is 0.670. The highest BCUT2D eigenvalue weighted by Gasteiger charge is 2.28. The summed E-state index contributed by atoms with van der Waals surface area (Å²) in [6.45, 7) is 3.52. The molecule has 1 aliphatic heterocycles. The summed E-state index contributed by atoms with van der Waals surface area (Å²) in [5.74, 6) is 4.25. The largest absolute Gasteiger partial charge is 0.507 e. The monoisotopic (exact) mass is 257 g/mol. The van der Waals surface area contributed by atoms with Gasteiger partial charge in [0.15, 0.2) is 5.78 Å². The molecule has 19 heavy (non-hydrogen) atoms. The lowest BCUT2D eigenvalue weighted by Gasteiger charge is -1.95. The van der Waals surface area contributed by atoms with Crippen molar-refractivity contribution in [2.24, 2.45) is 0 Å². The van der Waals surface area contributed by atoms with Gasteiger partial charge < -0.3 is 10.4 Å². The maximum Gasteiger partial charge on any atom is 0.259 e. The molecule has 4 heteroatoms. The average Bonchev–Trinajstić information content (AvgIpc) is 2.71. The fourth-order valence-electron chi connectivity index (χ4n) is 1.40. The molecule has 0 atom stereocenters. The molecular formula is C15H15NO3. The molecule has 1 heterocycles. The van der Waals surface area contributed by atoms with E-state index in [4.69, 9.17) is 0 Å². The summed E-state index contributed by atoms with van der Waals surface area (Å²) in [6, 6.07) is 0. The number of aliphatic hydroxyl groups excluding tert-OH is 1. The number of Topliss-reactive ketones (excluding diaryl/α,β-unsaturated/α-hetero) is 1. The number of allylic oxidation sites excluding steroid dienone is 6. The number of amides is 1. The molecule has 98 valence electrons. The summed E-state index contributed by atoms with van der Waals surface area (Å²) in [7, 11) is 0. The molecule has 0 spiro atoms. The van der Waals surface area contributed by atoms with Crippen LogP contribution in [-0.2, 0) is 9.59 Å². The third-order valence-electron chi connectivity index (χ3n) is 2.36. The van der Waals surface area contributed by atoms with Crippen molar-refractivity contribution in [3.63, 3.8) is 0 Å². The summed E-state index contributed by atoms with van der Waals surface area (Å²) >= 11 is 0. The van der Waals surface area contributed by atoms with E-state index in [1.54, 1.807) is 31.2 Å². The SMILES string of the molecule is CC#C/C=C/C=C(C)/C=C/C(O)=C1\C(=O)CNC1=O. The molecule has 1 rings (SSSR count). The molecule has 0 aromatic heterocycles. The van der Waals surface area contributed by atoms with Gasteiger partial charge in [-0.3, -0.25) is 9.59 Å². The van der Waals surface area contributed by atoms with Gasteiger partial charge in [0.25, 0.3) is 5.91 Å². The first-order valence-electron chi connectivity index (χ1n) is 5.74. The van der Waals surface area contributed by atoms with Crippen molar-refractivity contribution in [1.82, 2.24) is 5.32 Å². The number of aliphatic hydroxyl groups is 1. The van der Waals surface area contributed by atoms with Gasteiger partial charge in [-0.25, -0.2) is 0 Å². The van der Waals surface area contributed by atoms with E-state index in [0.29, 0.717) is 0 Å². The lowest BCUT2D eigenvalue weighted by atomic mass is 10.1. The van der Waals surface area contributed by atoms with Crippen molar-refractivity contribution in [2.75, 3.05) is 6.54 Å². The average molecular weight is 257 g/mol. The summed E-state index contributed by atoms with van der Waals surface area (Å²) in [4.78, 5) is 22.6. The zero-order valence-corrected chi connectivity index (χ0v) is 10.9. The van der Waals surface area contributed by atoms with Crippen LogP contribution in [0.2, 0.25) is 0 Å². The van der Waals surface area contributed by atoms with Crippen LogP contribution in [0.1, 0.15) is 13.8 Å². The molecular weight excluding hydrogens is 242 g/mol. The molecule has 4 nitrogen and oxygen atoms in total. The molecule has 1 aliphatic rings. The number of hydrogen-bond donors (Lipinski definition) is 2. The summed E-state index contributed by atoms with van der Waals surface area (Å²) < 4.78 is 0. The first-order valence-corrected chi connectivity index (χ1v) is 5.74. The third-order valence-corrected chi connectivity index (χ3v) is 2.36. The highest BCUT2D eigenvalue weighted by atomic mass is 16.3. The Morgan fingerprint density at radius 2 is 2.11 bits per heavy atom. The number of ketones is 1. The van der Waals surface area contributed by atoms with Crippen molar-refractivity contribution in [2.45, 2.75) is 13.8 Å². The molecule has 1 saturated heterocycles. The topological polar surface area (TPSA) is 66.4 Å². The van der Waals surface area contributed by atoms with E-state index in [0.717, 1.165) is 5.57 Å². The third kappa shape index (κ3) is 4.32. The van der Waals surface area contributed by atoms with Crippen LogP contribution in [0.15, 0.2) is 47.3 Å². The van der Waals surface area contributed by atoms with E-state index >= 15 is 0 Å². The quantitative estimate of drug-likeness (QED) is 0.265. The van der Waals surface area contributed by atoms with Crippen molar-refractivity contribution in [1.29, 1.82) is 0 Å². The minimum absolute atomic E-state index is 0.0562. The van der Waals surface area contributed by atoms with E-state index in [2.05, 4.69) is 17.2 Å². The Balaban J connectivity index is 2.80. The summed E-state index contributed by atoms with van der Waals surface area (Å²) in [6.07, 6.45) is 8.22. The Kier molecular flexibility index (Phi) is 5.36. The van der Waals surface area contributed by atoms with Gasteiger partial charge in [-0.1, -0.05) is 29.7 Å². The number of carbonyl (C=O) groups excluding carboxylic acids is 2. The number of hydrogen-bond acceptors (Lipinski definition) is 3. The van der Waals surface area contributed by atoms with Crippen LogP contribution in [0.4, 0.5) is 0 Å². The fourth-order valence-corrected chi connectivity index (χ4v) is 1.40. The molecule has 0 aromatic carbocycles. The van der Waals surface area contributed by atoms with Gasteiger partial charge in [0.2, 0.25) is 0 Å². The number of nitrogens with one attached hydrogen (secondary N) is 1. The fraction of sp³-hybridized carbons (Fsp3) is 0.200. The minimum atomic E-state index is -0.535. The maximum absolute atomic E-state index is 11.3. The Labute approximate surface area is 112 Å². The lowest BCUT2D eigenvalue weighted by molar-refractivity contribution is -0.117. The molecule has 0 saturated carbocycles. The van der Waals surface area contributed by atoms with Gasteiger partial charge in [0, 0.05) is 0 Å². The van der Waals surface area contributed by atoms with Gasteiger partial charge in [-0.15, -0.1) is 5.92 Å². The first-order chi connectivity index (χ1) is 9.06. The number of rotatable bonds is 3. The highest BCUT2D eigenvalue weighted by Crippen LogP contribution is 2.10. The smallest absolute Gasteiger partial charge is 0.259 e. The van der Waals surface area contributed by atoms with Crippen LogP contribution in [0.5, 0.6) is 0 Å².